The Morgan fingerprint density at radius 2 is 1.45 bits per heavy atom. The zero-order valence-electron chi connectivity index (χ0n) is 29.1. The number of ketones is 1. The van der Waals surface area contributed by atoms with E-state index in [2.05, 4.69) is 6.58 Å². The number of esters is 4. The maximum absolute atomic E-state index is 14.0. The van der Waals surface area contributed by atoms with Crippen LogP contribution in [-0.4, -0.2) is 73.1 Å². The molecule has 4 aliphatic carbocycles. The van der Waals surface area contributed by atoms with Crippen LogP contribution < -0.4 is 0 Å². The first-order chi connectivity index (χ1) is 21.9. The second kappa shape index (κ2) is 11.9. The van der Waals surface area contributed by atoms with E-state index in [-0.39, 0.29) is 24.7 Å². The smallest absolute Gasteiger partial charge is 0.308 e. The van der Waals surface area contributed by atoms with Crippen molar-refractivity contribution in [1.29, 1.82) is 0 Å². The Hall–Kier alpha value is -3.53. The van der Waals surface area contributed by atoms with Crippen molar-refractivity contribution in [2.45, 2.75) is 105 Å². The summed E-state index contributed by atoms with van der Waals surface area (Å²) in [6.07, 6.45) is -2.79. The van der Waals surface area contributed by atoms with Gasteiger partial charge in [-0.15, -0.1) is 0 Å². The molecule has 10 atom stereocenters. The van der Waals surface area contributed by atoms with Gasteiger partial charge in [0.25, 0.3) is 0 Å². The Labute approximate surface area is 277 Å². The highest BCUT2D eigenvalue weighted by atomic mass is 16.6. The van der Waals surface area contributed by atoms with Crippen molar-refractivity contribution in [2.24, 2.45) is 33.5 Å². The van der Waals surface area contributed by atoms with Gasteiger partial charge in [0.1, 0.15) is 30.2 Å². The quantitative estimate of drug-likeness (QED) is 0.216. The number of nitrogens with zero attached hydrogens (tertiary/aromatic N) is 1. The predicted molar refractivity (Wildman–Crippen MR) is 171 cm³/mol. The number of carbonyl (C=O) groups is 5. The standard InChI is InChI=1S/C37H49NO9/c1-20-28(42)18-26-31(44-22(3)39)37-21(2)29(47-30(43)19-27(38(9)10)25-14-12-11-13-15-25)16-17-35(37,8)32(45-23(4)40)33(46-24(5)41)36(20,37)34(26,6)7/h11-15,20,26-27,29,31-33H,2,16-19H2,1,3-10H3/t20?,26?,27?,29-,31+,32-,33?,35?,36?,37?/m0/s1. The maximum Gasteiger partial charge on any atom is 0.308 e. The number of rotatable bonds is 8. The van der Waals surface area contributed by atoms with Gasteiger partial charge in [-0.05, 0) is 43.5 Å². The zero-order valence-corrected chi connectivity index (χ0v) is 29.1. The largest absolute Gasteiger partial charge is 0.461 e. The van der Waals surface area contributed by atoms with Crippen LogP contribution in [0.2, 0.25) is 0 Å². The molecule has 7 unspecified atom stereocenters. The molecule has 1 aromatic carbocycles. The summed E-state index contributed by atoms with van der Waals surface area (Å²) in [7, 11) is 3.81. The molecule has 2 spiro atoms. The third kappa shape index (κ3) is 4.71. The Balaban J connectivity index is 1.69. The van der Waals surface area contributed by atoms with Crippen molar-refractivity contribution in [3.63, 3.8) is 0 Å². The predicted octanol–water partition coefficient (Wildman–Crippen LogP) is 4.99. The molecule has 2 bridgehead atoms. The van der Waals surface area contributed by atoms with Crippen LogP contribution in [0, 0.1) is 33.5 Å². The lowest BCUT2D eigenvalue weighted by molar-refractivity contribution is -0.194. The minimum absolute atomic E-state index is 0.0602. The third-order valence-electron chi connectivity index (χ3n) is 12.4. The van der Waals surface area contributed by atoms with Crippen molar-refractivity contribution in [3.05, 3.63) is 48.0 Å². The Morgan fingerprint density at radius 1 is 0.894 bits per heavy atom. The highest BCUT2D eigenvalue weighted by Gasteiger charge is 2.92. The van der Waals surface area contributed by atoms with Gasteiger partial charge in [-0.1, -0.05) is 64.6 Å². The number of carbonyl (C=O) groups excluding carboxylic acids is 5. The van der Waals surface area contributed by atoms with Crippen molar-refractivity contribution < 1.29 is 42.9 Å². The minimum atomic E-state index is -1.27. The van der Waals surface area contributed by atoms with Crippen molar-refractivity contribution in [2.75, 3.05) is 14.1 Å². The molecule has 10 heteroatoms. The molecule has 4 aliphatic rings. The van der Waals surface area contributed by atoms with E-state index < -0.39 is 81.8 Å². The van der Waals surface area contributed by atoms with E-state index in [9.17, 15) is 24.0 Å². The highest BCUT2D eigenvalue weighted by Crippen LogP contribution is 2.86. The van der Waals surface area contributed by atoms with Gasteiger partial charge in [0.15, 0.2) is 0 Å². The number of hydrogen-bond acceptors (Lipinski definition) is 10. The molecule has 4 fully saturated rings. The second-order valence-corrected chi connectivity index (χ2v) is 15.0. The molecular weight excluding hydrogens is 602 g/mol. The van der Waals surface area contributed by atoms with E-state index in [0.717, 1.165) is 5.56 Å². The Bertz CT molecular complexity index is 1490. The van der Waals surface area contributed by atoms with Gasteiger partial charge in [0.2, 0.25) is 0 Å². The molecule has 0 heterocycles. The second-order valence-electron chi connectivity index (χ2n) is 15.0. The maximum atomic E-state index is 14.0. The third-order valence-corrected chi connectivity index (χ3v) is 12.4. The van der Waals surface area contributed by atoms with Crippen LogP contribution in [0.15, 0.2) is 42.5 Å². The van der Waals surface area contributed by atoms with E-state index in [1.165, 1.54) is 20.8 Å². The fourth-order valence-electron chi connectivity index (χ4n) is 10.9. The summed E-state index contributed by atoms with van der Waals surface area (Å²) in [5.41, 5.74) is -2.82. The number of fused-ring (bicyclic) bond motifs is 1. The van der Waals surface area contributed by atoms with Crippen LogP contribution in [-0.2, 0) is 42.9 Å². The molecule has 0 N–H and O–H groups in total. The van der Waals surface area contributed by atoms with Crippen LogP contribution in [0.4, 0.5) is 0 Å². The summed E-state index contributed by atoms with van der Waals surface area (Å²) >= 11 is 0. The summed E-state index contributed by atoms with van der Waals surface area (Å²) in [6, 6.07) is 9.48. The summed E-state index contributed by atoms with van der Waals surface area (Å²) in [6.45, 7) is 16.4. The van der Waals surface area contributed by atoms with Gasteiger partial charge in [0, 0.05) is 55.9 Å². The average molecular weight is 652 g/mol. The first-order valence-corrected chi connectivity index (χ1v) is 16.5. The van der Waals surface area contributed by atoms with Gasteiger partial charge in [0.05, 0.1) is 11.8 Å². The molecule has 4 saturated carbocycles. The van der Waals surface area contributed by atoms with Gasteiger partial charge in [-0.25, -0.2) is 0 Å². The molecule has 10 nitrogen and oxygen atoms in total. The average Bonchev–Trinajstić information content (AvgIpc) is 3.22. The summed E-state index contributed by atoms with van der Waals surface area (Å²) < 4.78 is 24.9. The highest BCUT2D eigenvalue weighted by molar-refractivity contribution is 5.86. The number of Topliss-reactive ketones (excluding diaryl/α,β-unsaturated/α-hetero) is 1. The summed E-state index contributed by atoms with van der Waals surface area (Å²) in [4.78, 5) is 68.3. The van der Waals surface area contributed by atoms with Gasteiger partial charge >= 0.3 is 23.9 Å². The van der Waals surface area contributed by atoms with E-state index in [1.807, 2.05) is 77.0 Å². The van der Waals surface area contributed by atoms with E-state index in [0.29, 0.717) is 18.4 Å². The molecule has 256 valence electrons. The van der Waals surface area contributed by atoms with Crippen LogP contribution in [0.25, 0.3) is 0 Å². The van der Waals surface area contributed by atoms with Gasteiger partial charge < -0.3 is 23.8 Å². The monoisotopic (exact) mass is 651 g/mol. The van der Waals surface area contributed by atoms with Crippen LogP contribution in [0.5, 0.6) is 0 Å². The lowest BCUT2D eigenvalue weighted by atomic mass is 9.42. The fourth-order valence-corrected chi connectivity index (χ4v) is 10.9. The van der Waals surface area contributed by atoms with Crippen molar-refractivity contribution in [3.8, 4) is 0 Å². The number of benzene rings is 1. The first kappa shape index (κ1) is 34.8. The van der Waals surface area contributed by atoms with Crippen LogP contribution in [0.3, 0.4) is 0 Å². The molecule has 0 saturated heterocycles. The lowest BCUT2D eigenvalue weighted by Crippen LogP contribution is -2.63. The molecule has 5 rings (SSSR count). The van der Waals surface area contributed by atoms with Crippen molar-refractivity contribution in [1.82, 2.24) is 4.90 Å². The Kier molecular flexibility index (Phi) is 8.78. The topological polar surface area (TPSA) is 126 Å². The molecule has 1 aromatic rings. The number of hydrogen-bond donors (Lipinski definition) is 0. The molecule has 0 aliphatic heterocycles. The normalized spacial score (nSPS) is 37.4. The van der Waals surface area contributed by atoms with Crippen LogP contribution >= 0.6 is 0 Å². The Morgan fingerprint density at radius 3 is 2.00 bits per heavy atom. The molecule has 0 radical (unpaired) electrons. The SMILES string of the molecule is C=C1[C@@H](OC(=O)CC(c2ccccc2)N(C)C)CCC2(C)[C@@H](OC(C)=O)C(OC(C)=O)C34C(C)C(=O)CC([C@@H](OC(C)=O)C123)C4(C)C. The zero-order chi connectivity index (χ0) is 34.9. The van der Waals surface area contributed by atoms with Crippen LogP contribution in [0.1, 0.15) is 85.8 Å². The number of ether oxygens (including phenoxy) is 4. The van der Waals surface area contributed by atoms with Gasteiger partial charge in [-0.2, -0.15) is 0 Å². The van der Waals surface area contributed by atoms with Gasteiger partial charge in [-0.3, -0.25) is 24.0 Å². The fraction of sp³-hybridized carbons (Fsp3) is 0.649. The van der Waals surface area contributed by atoms with Crippen molar-refractivity contribution >= 4 is 29.7 Å². The van der Waals surface area contributed by atoms with E-state index in [4.69, 9.17) is 18.9 Å². The molecule has 0 amide bonds. The lowest BCUT2D eigenvalue weighted by Gasteiger charge is -2.60. The van der Waals surface area contributed by atoms with E-state index in [1.54, 1.807) is 0 Å². The molecule has 0 aromatic heterocycles. The van der Waals surface area contributed by atoms with E-state index >= 15 is 0 Å². The summed E-state index contributed by atoms with van der Waals surface area (Å²) in [5.74, 6) is -3.34. The molecular formula is C37H49NO9. The first-order valence-electron chi connectivity index (χ1n) is 16.5. The summed E-state index contributed by atoms with van der Waals surface area (Å²) in [5, 5.41) is 0. The molecule has 47 heavy (non-hydrogen) atoms. The minimum Gasteiger partial charge on any atom is -0.461 e.